The molecule has 2 aromatic rings. The molecule has 0 saturated carbocycles. The maximum Gasteiger partial charge on any atom is 0.258 e. The molecule has 1 N–H and O–H groups in total. The largest absolute Gasteiger partial charge is 0.483 e. The molecule has 0 radical (unpaired) electrons. The molecule has 29 heavy (non-hydrogen) atoms. The highest BCUT2D eigenvalue weighted by atomic mass is 16.5. The Morgan fingerprint density at radius 3 is 2.38 bits per heavy atom. The molecule has 0 spiro atoms. The molecule has 1 amide bonds. The lowest BCUT2D eigenvalue weighted by atomic mass is 9.98. The van der Waals surface area contributed by atoms with Crippen LogP contribution in [0.2, 0.25) is 0 Å². The number of benzene rings is 2. The van der Waals surface area contributed by atoms with Crippen LogP contribution in [0, 0.1) is 5.92 Å². The molecule has 1 fully saturated rings. The summed E-state index contributed by atoms with van der Waals surface area (Å²) in [5.74, 6) is 1.86. The number of ether oxygens (including phenoxy) is 1. The molecule has 156 valence electrons. The Morgan fingerprint density at radius 1 is 1.07 bits per heavy atom. The van der Waals surface area contributed by atoms with Gasteiger partial charge in [0.2, 0.25) is 0 Å². The van der Waals surface area contributed by atoms with Gasteiger partial charge in [0.05, 0.1) is 6.04 Å². The van der Waals surface area contributed by atoms with E-state index in [1.807, 2.05) is 31.2 Å². The van der Waals surface area contributed by atoms with Gasteiger partial charge in [-0.15, -0.1) is 0 Å². The maximum absolute atomic E-state index is 12.4. The van der Waals surface area contributed by atoms with E-state index in [-0.39, 0.29) is 18.6 Å². The Morgan fingerprint density at radius 2 is 1.72 bits per heavy atom. The Labute approximate surface area is 175 Å². The number of hydrogen-bond donors (Lipinski definition) is 1. The molecule has 0 bridgehead atoms. The summed E-state index contributed by atoms with van der Waals surface area (Å²) in [5.41, 5.74) is 3.50. The van der Waals surface area contributed by atoms with E-state index in [1.54, 1.807) is 0 Å². The predicted molar refractivity (Wildman–Crippen MR) is 120 cm³/mol. The van der Waals surface area contributed by atoms with Gasteiger partial charge in [0, 0.05) is 18.8 Å². The third-order valence-electron chi connectivity index (χ3n) is 5.82. The first-order chi connectivity index (χ1) is 13.9. The number of piperidine rings is 1. The minimum absolute atomic E-state index is 0.0259. The number of nitrogens with zero attached hydrogens (tertiary/aromatic N) is 1. The number of carbonyl (C=O) groups is 1. The molecule has 2 aromatic carbocycles. The third-order valence-corrected chi connectivity index (χ3v) is 5.82. The number of nitrogens with one attached hydrogen (secondary N) is 1. The van der Waals surface area contributed by atoms with Crippen molar-refractivity contribution in [3.8, 4) is 5.75 Å². The zero-order valence-electron chi connectivity index (χ0n) is 18.2. The van der Waals surface area contributed by atoms with Crippen molar-refractivity contribution in [3.05, 3.63) is 59.7 Å². The molecular weight excluding hydrogens is 360 g/mol. The fraction of sp³-hybridized carbons (Fsp3) is 0.480. The fourth-order valence-corrected chi connectivity index (χ4v) is 3.84. The van der Waals surface area contributed by atoms with Crippen LogP contribution in [0.5, 0.6) is 5.75 Å². The van der Waals surface area contributed by atoms with E-state index in [4.69, 9.17) is 4.74 Å². The van der Waals surface area contributed by atoms with Crippen molar-refractivity contribution in [2.24, 2.45) is 5.92 Å². The Balaban J connectivity index is 1.52. The standard InChI is InChI=1S/C25H34N2O2/c1-18(2)23-7-5-6-8-24(23)29-17-25(28)26-20(4)21-9-11-22(12-10-21)27-15-13-19(3)14-16-27/h5-12,18-20H,13-17H2,1-4H3,(H,26,28)/t20-/m1/s1. The molecule has 1 aliphatic heterocycles. The van der Waals surface area contributed by atoms with E-state index in [2.05, 4.69) is 55.3 Å². The van der Waals surface area contributed by atoms with Crippen LogP contribution in [0.25, 0.3) is 0 Å². The molecule has 0 aliphatic carbocycles. The molecule has 1 heterocycles. The molecule has 4 nitrogen and oxygen atoms in total. The predicted octanol–water partition coefficient (Wildman–Crippen LogP) is 5.30. The number of hydrogen-bond acceptors (Lipinski definition) is 3. The molecule has 1 aliphatic rings. The van der Waals surface area contributed by atoms with Crippen molar-refractivity contribution < 1.29 is 9.53 Å². The van der Waals surface area contributed by atoms with Gasteiger partial charge in [0.1, 0.15) is 5.75 Å². The van der Waals surface area contributed by atoms with Crippen molar-refractivity contribution in [1.82, 2.24) is 5.32 Å². The van der Waals surface area contributed by atoms with Crippen molar-refractivity contribution in [2.75, 3.05) is 24.6 Å². The van der Waals surface area contributed by atoms with Crippen LogP contribution in [0.4, 0.5) is 5.69 Å². The highest BCUT2D eigenvalue weighted by Gasteiger charge is 2.17. The van der Waals surface area contributed by atoms with E-state index < -0.39 is 0 Å². The van der Waals surface area contributed by atoms with Crippen LogP contribution in [-0.2, 0) is 4.79 Å². The van der Waals surface area contributed by atoms with Gasteiger partial charge in [-0.05, 0) is 60.9 Å². The minimum Gasteiger partial charge on any atom is -0.483 e. The van der Waals surface area contributed by atoms with Crippen LogP contribution in [-0.4, -0.2) is 25.6 Å². The monoisotopic (exact) mass is 394 g/mol. The van der Waals surface area contributed by atoms with E-state index in [1.165, 1.54) is 18.5 Å². The van der Waals surface area contributed by atoms with Crippen molar-refractivity contribution >= 4 is 11.6 Å². The minimum atomic E-state index is -0.106. The molecule has 0 unspecified atom stereocenters. The van der Waals surface area contributed by atoms with Gasteiger partial charge in [0.15, 0.2) is 6.61 Å². The summed E-state index contributed by atoms with van der Waals surface area (Å²) >= 11 is 0. The van der Waals surface area contributed by atoms with Crippen LogP contribution in [0.1, 0.15) is 63.6 Å². The number of para-hydroxylation sites is 1. The third kappa shape index (κ3) is 5.75. The first-order valence-electron chi connectivity index (χ1n) is 10.8. The van der Waals surface area contributed by atoms with Gasteiger partial charge in [0.25, 0.3) is 5.91 Å². The first kappa shape index (κ1) is 21.2. The average molecular weight is 395 g/mol. The van der Waals surface area contributed by atoms with Gasteiger partial charge >= 0.3 is 0 Å². The topological polar surface area (TPSA) is 41.6 Å². The summed E-state index contributed by atoms with van der Waals surface area (Å²) in [4.78, 5) is 14.8. The highest BCUT2D eigenvalue weighted by molar-refractivity contribution is 5.78. The lowest BCUT2D eigenvalue weighted by Crippen LogP contribution is -2.33. The van der Waals surface area contributed by atoms with E-state index in [0.29, 0.717) is 5.92 Å². The quantitative estimate of drug-likeness (QED) is 0.693. The van der Waals surface area contributed by atoms with Crippen LogP contribution in [0.15, 0.2) is 48.5 Å². The molecule has 0 aromatic heterocycles. The van der Waals surface area contributed by atoms with Crippen molar-refractivity contribution in [2.45, 2.75) is 52.5 Å². The second-order valence-electron chi connectivity index (χ2n) is 8.53. The summed E-state index contributed by atoms with van der Waals surface area (Å²) in [6.07, 6.45) is 2.52. The Hall–Kier alpha value is -2.49. The van der Waals surface area contributed by atoms with Gasteiger partial charge in [-0.1, -0.05) is 51.1 Å². The van der Waals surface area contributed by atoms with Crippen LogP contribution < -0.4 is 15.0 Å². The van der Waals surface area contributed by atoms with Crippen LogP contribution in [0.3, 0.4) is 0 Å². The lowest BCUT2D eigenvalue weighted by Gasteiger charge is -2.32. The molecule has 4 heteroatoms. The zero-order valence-corrected chi connectivity index (χ0v) is 18.2. The first-order valence-corrected chi connectivity index (χ1v) is 10.8. The molecule has 3 rings (SSSR count). The van der Waals surface area contributed by atoms with E-state index >= 15 is 0 Å². The van der Waals surface area contributed by atoms with Crippen LogP contribution >= 0.6 is 0 Å². The molecule has 1 atom stereocenters. The zero-order chi connectivity index (χ0) is 20.8. The second-order valence-corrected chi connectivity index (χ2v) is 8.53. The normalized spacial score (nSPS) is 16.0. The number of anilines is 1. The SMILES string of the molecule is CC1CCN(c2ccc([C@@H](C)NC(=O)COc3ccccc3C(C)C)cc2)CC1. The van der Waals surface area contributed by atoms with E-state index in [0.717, 1.165) is 35.9 Å². The lowest BCUT2D eigenvalue weighted by molar-refractivity contribution is -0.123. The summed E-state index contributed by atoms with van der Waals surface area (Å²) in [6.45, 7) is 10.9. The molecular formula is C25H34N2O2. The smallest absolute Gasteiger partial charge is 0.258 e. The molecule has 1 saturated heterocycles. The number of amides is 1. The van der Waals surface area contributed by atoms with Gasteiger partial charge < -0.3 is 15.0 Å². The highest BCUT2D eigenvalue weighted by Crippen LogP contribution is 2.26. The number of carbonyl (C=O) groups excluding carboxylic acids is 1. The van der Waals surface area contributed by atoms with E-state index in [9.17, 15) is 4.79 Å². The second kappa shape index (κ2) is 9.82. The Kier molecular flexibility index (Phi) is 7.18. The summed E-state index contributed by atoms with van der Waals surface area (Å²) in [7, 11) is 0. The summed E-state index contributed by atoms with van der Waals surface area (Å²) in [6, 6.07) is 16.4. The summed E-state index contributed by atoms with van der Waals surface area (Å²) in [5, 5.41) is 3.04. The van der Waals surface area contributed by atoms with Crippen molar-refractivity contribution in [1.29, 1.82) is 0 Å². The van der Waals surface area contributed by atoms with Crippen molar-refractivity contribution in [3.63, 3.8) is 0 Å². The number of rotatable bonds is 7. The van der Waals surface area contributed by atoms with Gasteiger partial charge in [-0.25, -0.2) is 0 Å². The maximum atomic E-state index is 12.4. The summed E-state index contributed by atoms with van der Waals surface area (Å²) < 4.78 is 5.79. The average Bonchev–Trinajstić information content (AvgIpc) is 2.73. The van der Waals surface area contributed by atoms with Gasteiger partial charge in [-0.3, -0.25) is 4.79 Å². The van der Waals surface area contributed by atoms with Gasteiger partial charge in [-0.2, -0.15) is 0 Å². The Bertz CT molecular complexity index is 793. The fourth-order valence-electron chi connectivity index (χ4n) is 3.84.